The summed E-state index contributed by atoms with van der Waals surface area (Å²) in [4.78, 5) is 10.2. The molecule has 0 radical (unpaired) electrons. The molecule has 0 amide bonds. The fraction of sp³-hybridized carbons (Fsp3) is 0.111. The van der Waals surface area contributed by atoms with Crippen molar-refractivity contribution in [1.82, 2.24) is 9.97 Å². The molecule has 0 saturated carbocycles. The van der Waals surface area contributed by atoms with Gasteiger partial charge in [0.25, 0.3) is 0 Å². The molecule has 0 atom stereocenters. The van der Waals surface area contributed by atoms with E-state index in [1.54, 1.807) is 56.4 Å². The Kier molecular flexibility index (Phi) is 39.0. The topological polar surface area (TPSA) is 82.2 Å². The van der Waals surface area contributed by atoms with Gasteiger partial charge < -0.3 is 55.6 Å². The Morgan fingerprint density at radius 1 is 0.202 bits per heavy atom. The van der Waals surface area contributed by atoms with Crippen molar-refractivity contribution in [2.45, 2.75) is 0 Å². The summed E-state index contributed by atoms with van der Waals surface area (Å²) in [6.07, 6.45) is 0. The van der Waals surface area contributed by atoms with E-state index in [1.165, 1.54) is 99.0 Å². The fourth-order valence-corrected chi connectivity index (χ4v) is 11.8. The van der Waals surface area contributed by atoms with E-state index in [1.807, 2.05) is 36.4 Å². The molecule has 0 aliphatic rings. The molecule has 0 saturated heterocycles. The zero-order valence-corrected chi connectivity index (χ0v) is 57.7. The summed E-state index contributed by atoms with van der Waals surface area (Å²) in [5.41, 5.74) is 8.74. The minimum absolute atomic E-state index is 0. The van der Waals surface area contributed by atoms with Gasteiger partial charge in [-0.1, -0.05) is 267 Å². The number of pyridine rings is 2. The maximum absolute atomic E-state index is 5.11. The Morgan fingerprint density at radius 3 is 0.548 bits per heavy atom. The predicted octanol–water partition coefficient (Wildman–Crippen LogP) is 16.6. The van der Waals surface area contributed by atoms with Gasteiger partial charge in [0.1, 0.15) is 0 Å². The molecule has 0 fully saturated rings. The summed E-state index contributed by atoms with van der Waals surface area (Å²) in [6, 6.07) is 101. The average Bonchev–Trinajstić information content (AvgIpc) is 3.54. The van der Waals surface area contributed by atoms with Crippen molar-refractivity contribution in [2.24, 2.45) is 0 Å². The number of benzene rings is 9. The molecule has 0 bridgehead atoms. The molecule has 12 heteroatoms. The second kappa shape index (κ2) is 45.0. The van der Waals surface area contributed by atoms with Crippen LogP contribution in [0.15, 0.2) is 291 Å². The van der Waals surface area contributed by atoms with Gasteiger partial charge in [-0.15, -0.1) is 0 Å². The molecule has 0 N–H and O–H groups in total. The van der Waals surface area contributed by atoms with Gasteiger partial charge in [-0.2, -0.15) is 77.6 Å². The van der Waals surface area contributed by atoms with Crippen LogP contribution < -0.4 is 42.4 Å². The van der Waals surface area contributed by atoms with E-state index >= 15 is 0 Å². The first kappa shape index (κ1) is 72.9. The van der Waals surface area contributed by atoms with Crippen LogP contribution in [0.2, 0.25) is 0 Å². The zero-order valence-electron chi connectivity index (χ0n) is 49.2. The third kappa shape index (κ3) is 26.5. The Labute approximate surface area is 548 Å². The normalized spacial score (nSPS) is 10.2. The summed E-state index contributed by atoms with van der Waals surface area (Å²) < 4.78 is 0. The molecule has 11 rings (SSSR count). The van der Waals surface area contributed by atoms with Gasteiger partial charge in [0.05, 0.1) is 22.8 Å². The molecular formula is C72H72N6P4Zr2. The Hall–Kier alpha value is -5.39. The van der Waals surface area contributed by atoms with E-state index in [-0.39, 0.29) is 52.4 Å². The van der Waals surface area contributed by atoms with Gasteiger partial charge in [-0.05, 0) is 46.5 Å². The molecule has 0 spiro atoms. The van der Waals surface area contributed by atoms with E-state index in [0.29, 0.717) is 0 Å². The predicted molar refractivity (Wildman–Crippen MR) is 368 cm³/mol. The monoisotopic (exact) mass is 1320 g/mol. The molecule has 0 aliphatic carbocycles. The molecule has 0 aliphatic heterocycles. The smallest absolute Gasteiger partial charge is 0.668 e. The van der Waals surface area contributed by atoms with Crippen LogP contribution in [0, 0.1) is 0 Å². The molecule has 6 nitrogen and oxygen atoms in total. The third-order valence-electron chi connectivity index (χ3n) is 10.9. The van der Waals surface area contributed by atoms with Gasteiger partial charge >= 0.3 is 52.4 Å². The Morgan fingerprint density at radius 2 is 0.357 bits per heavy atom. The van der Waals surface area contributed by atoms with Gasteiger partial charge in [0.2, 0.25) is 0 Å². The van der Waals surface area contributed by atoms with Gasteiger partial charge in [0.15, 0.2) is 0 Å². The quantitative estimate of drug-likeness (QED) is 0.114. The van der Waals surface area contributed by atoms with E-state index in [9.17, 15) is 0 Å². The van der Waals surface area contributed by atoms with Crippen LogP contribution in [0.25, 0.3) is 66.3 Å². The van der Waals surface area contributed by atoms with E-state index < -0.39 is 0 Å². The Balaban J connectivity index is 0.000000335. The summed E-state index contributed by atoms with van der Waals surface area (Å²) >= 11 is 0. The maximum Gasteiger partial charge on any atom is 4.00 e. The van der Waals surface area contributed by atoms with Crippen molar-refractivity contribution >= 4 is 76.8 Å². The van der Waals surface area contributed by atoms with Gasteiger partial charge in [0, 0.05) is 0 Å². The Bertz CT molecular complexity index is 2980. The van der Waals surface area contributed by atoms with E-state index in [2.05, 4.69) is 276 Å². The van der Waals surface area contributed by atoms with Crippen molar-refractivity contribution in [2.75, 3.05) is 56.4 Å². The van der Waals surface area contributed by atoms with Crippen LogP contribution in [0.5, 0.6) is 0 Å². The first-order chi connectivity index (χ1) is 40.4. The largest absolute Gasteiger partial charge is 4.00 e. The van der Waals surface area contributed by atoms with Crippen LogP contribution in [-0.2, 0) is 52.4 Å². The third-order valence-corrected chi connectivity index (χ3v) is 15.7. The minimum Gasteiger partial charge on any atom is -0.668 e. The first-order valence-corrected chi connectivity index (χ1v) is 30.3. The van der Waals surface area contributed by atoms with Crippen molar-refractivity contribution in [3.8, 4) is 45.0 Å². The molecule has 9 aromatic carbocycles. The van der Waals surface area contributed by atoms with Crippen LogP contribution in [-0.4, -0.2) is 66.3 Å². The molecular weight excluding hydrogens is 1260 g/mol. The standard InChI is InChI=1S/2C29H21NP2.C6H6.4C2H6N.2Zr/c2*1-3-12-22(13-4-1)31-28-20-9-7-16-24(28)26-18-11-19-27(30-26)25-17-8-10-21-29(25)32-23-14-5-2-6-15-23;1-2-4-6-5-3-1;4*1-3-2;;/h2*1-21H;1-6H;4*1-2H3;;/q2*-2;;4*-1;2*+4. The van der Waals surface area contributed by atoms with Crippen LogP contribution in [0.1, 0.15) is 0 Å². The molecule has 2 heterocycles. The van der Waals surface area contributed by atoms with Crippen LogP contribution in [0.4, 0.5) is 0 Å². The molecule has 2 aromatic heterocycles. The fourth-order valence-electron chi connectivity index (χ4n) is 7.57. The van der Waals surface area contributed by atoms with E-state index in [4.69, 9.17) is 9.97 Å². The van der Waals surface area contributed by atoms with Gasteiger partial charge in [-0.25, -0.2) is 31.2 Å². The maximum atomic E-state index is 5.11. The van der Waals surface area contributed by atoms with Crippen molar-refractivity contribution in [3.05, 3.63) is 312 Å². The molecule has 0 unspecified atom stereocenters. The summed E-state index contributed by atoms with van der Waals surface area (Å²) in [6.45, 7) is 0. The SMILES string of the molecule is C[N-]C.C[N-]C.C[N-]C.C[N-]C.[Zr+4].[Zr+4].c1ccc([P-]c2ccccc2-c2cccc(-c3ccccc3[P-]c3ccccc3)n2)cc1.c1ccc([P-]c2ccccc2-c2cccc(-c3ccccc3[P-]c3ccccc3)n2)cc1.c1ccccc1. The summed E-state index contributed by atoms with van der Waals surface area (Å²) in [7, 11) is 18.8. The minimum atomic E-state index is 0. The molecule has 11 aromatic rings. The zero-order chi connectivity index (χ0) is 58.2. The van der Waals surface area contributed by atoms with Gasteiger partial charge in [-0.3, -0.25) is 0 Å². The second-order valence-electron chi connectivity index (χ2n) is 17.6. The average molecular weight is 1330 g/mol. The van der Waals surface area contributed by atoms with Crippen molar-refractivity contribution in [1.29, 1.82) is 0 Å². The number of hydrogen-bond donors (Lipinski definition) is 0. The number of nitrogens with zero attached hydrogens (tertiary/aromatic N) is 6. The second-order valence-corrected chi connectivity index (χ2v) is 22.5. The number of rotatable bonds is 12. The summed E-state index contributed by atoms with van der Waals surface area (Å²) in [5.74, 6) is 0. The first-order valence-electron chi connectivity index (χ1n) is 26.7. The summed E-state index contributed by atoms with van der Waals surface area (Å²) in [5, 5.41) is 24.2. The van der Waals surface area contributed by atoms with Crippen molar-refractivity contribution in [3.63, 3.8) is 0 Å². The van der Waals surface area contributed by atoms with Crippen LogP contribution >= 0.6 is 34.3 Å². The van der Waals surface area contributed by atoms with E-state index in [0.717, 1.165) is 22.8 Å². The molecule has 418 valence electrons. The van der Waals surface area contributed by atoms with Crippen molar-refractivity contribution < 1.29 is 52.4 Å². The number of aromatic nitrogens is 2. The molecule has 84 heavy (non-hydrogen) atoms. The van der Waals surface area contributed by atoms with Crippen LogP contribution in [0.3, 0.4) is 0 Å². The number of hydrogen-bond acceptors (Lipinski definition) is 2.